The first-order valence-electron chi connectivity index (χ1n) is 6.80. The fraction of sp³-hybridized carbons (Fsp3) is 0.438. The van der Waals surface area contributed by atoms with Gasteiger partial charge in [-0.1, -0.05) is 29.3 Å². The predicted octanol–water partition coefficient (Wildman–Crippen LogP) is 3.23. The zero-order chi connectivity index (χ0) is 14.7. The fourth-order valence-corrected chi connectivity index (χ4v) is 3.22. The third kappa shape index (κ3) is 4.13. The van der Waals surface area contributed by atoms with E-state index in [-0.39, 0.29) is 0 Å². The predicted molar refractivity (Wildman–Crippen MR) is 84.1 cm³/mol. The van der Waals surface area contributed by atoms with Gasteiger partial charge in [-0.2, -0.15) is 0 Å². The number of aliphatic hydroxyl groups is 1. The van der Waals surface area contributed by atoms with Crippen LogP contribution in [-0.2, 0) is 6.54 Å². The minimum absolute atomic E-state index is 0.459. The summed E-state index contributed by atoms with van der Waals surface area (Å²) in [5, 5.41) is 13.5. The van der Waals surface area contributed by atoms with Gasteiger partial charge < -0.3 is 5.11 Å². The number of rotatable bonds is 5. The smallest absolute Gasteiger partial charge is 0.107 e. The maximum Gasteiger partial charge on any atom is 0.107 e. The third-order valence-electron chi connectivity index (χ3n) is 3.19. The van der Waals surface area contributed by atoms with Crippen LogP contribution < -0.4 is 0 Å². The number of hydrogen-bond acceptors (Lipinski definition) is 4. The van der Waals surface area contributed by atoms with E-state index >= 15 is 0 Å². The van der Waals surface area contributed by atoms with Crippen LogP contribution in [0.5, 0.6) is 0 Å². The molecule has 0 radical (unpaired) electrons. The molecule has 4 heteroatoms. The summed E-state index contributed by atoms with van der Waals surface area (Å²) >= 11 is 1.67. The van der Waals surface area contributed by atoms with Crippen LogP contribution in [0.2, 0.25) is 0 Å². The summed E-state index contributed by atoms with van der Waals surface area (Å²) in [6.45, 7) is 7.52. The van der Waals surface area contributed by atoms with Gasteiger partial charge >= 0.3 is 0 Å². The summed E-state index contributed by atoms with van der Waals surface area (Å²) in [6.07, 6.45) is -0.459. The van der Waals surface area contributed by atoms with Gasteiger partial charge in [-0.15, -0.1) is 11.3 Å². The Morgan fingerprint density at radius 3 is 2.40 bits per heavy atom. The lowest BCUT2D eigenvalue weighted by molar-refractivity contribution is 0.123. The van der Waals surface area contributed by atoms with Crippen LogP contribution in [0.25, 0.3) is 0 Å². The number of aromatic nitrogens is 1. The zero-order valence-corrected chi connectivity index (χ0v) is 13.4. The Morgan fingerprint density at radius 2 is 1.85 bits per heavy atom. The number of hydrogen-bond donors (Lipinski definition) is 1. The van der Waals surface area contributed by atoms with Gasteiger partial charge in [0.05, 0.1) is 12.6 Å². The molecule has 0 aliphatic rings. The number of thiazole rings is 1. The molecule has 0 spiro atoms. The largest absolute Gasteiger partial charge is 0.387 e. The molecule has 1 atom stereocenters. The molecule has 0 aliphatic heterocycles. The highest BCUT2D eigenvalue weighted by Crippen LogP contribution is 2.19. The van der Waals surface area contributed by atoms with Crippen LogP contribution in [0.3, 0.4) is 0 Å². The average molecular weight is 290 g/mol. The highest BCUT2D eigenvalue weighted by Gasteiger charge is 2.13. The monoisotopic (exact) mass is 290 g/mol. The summed E-state index contributed by atoms with van der Waals surface area (Å²) in [6, 6.07) is 6.23. The molecule has 1 aromatic heterocycles. The Balaban J connectivity index is 1.97. The molecule has 0 aliphatic carbocycles. The molecular weight excluding hydrogens is 268 g/mol. The van der Waals surface area contributed by atoms with Crippen LogP contribution in [-0.4, -0.2) is 28.6 Å². The second kappa shape index (κ2) is 6.48. The van der Waals surface area contributed by atoms with Crippen LogP contribution in [0.4, 0.5) is 0 Å². The van der Waals surface area contributed by atoms with E-state index in [0.717, 1.165) is 22.8 Å². The van der Waals surface area contributed by atoms with Crippen molar-refractivity contribution in [2.24, 2.45) is 0 Å². The van der Waals surface area contributed by atoms with Crippen molar-refractivity contribution in [3.63, 3.8) is 0 Å². The van der Waals surface area contributed by atoms with Crippen molar-refractivity contribution in [1.82, 2.24) is 9.88 Å². The van der Waals surface area contributed by atoms with Crippen molar-refractivity contribution in [2.45, 2.75) is 33.4 Å². The minimum atomic E-state index is -0.459. The van der Waals surface area contributed by atoms with E-state index < -0.39 is 6.10 Å². The van der Waals surface area contributed by atoms with Crippen LogP contribution in [0.15, 0.2) is 23.6 Å². The number of likely N-dealkylation sites (N-methyl/N-ethyl adjacent to an activating group) is 1. The topological polar surface area (TPSA) is 36.4 Å². The summed E-state index contributed by atoms with van der Waals surface area (Å²) in [4.78, 5) is 6.57. The summed E-state index contributed by atoms with van der Waals surface area (Å²) in [5.74, 6) is 0. The first kappa shape index (κ1) is 15.2. The second-order valence-corrected chi connectivity index (χ2v) is 6.46. The van der Waals surface area contributed by atoms with Crippen molar-refractivity contribution >= 4 is 11.3 Å². The fourth-order valence-electron chi connectivity index (χ4n) is 2.37. The van der Waals surface area contributed by atoms with Crippen molar-refractivity contribution in [3.05, 3.63) is 51.0 Å². The lowest BCUT2D eigenvalue weighted by Gasteiger charge is -2.20. The molecule has 1 aromatic carbocycles. The van der Waals surface area contributed by atoms with Gasteiger partial charge in [0.25, 0.3) is 0 Å². The van der Waals surface area contributed by atoms with Crippen LogP contribution in [0.1, 0.15) is 33.5 Å². The number of benzene rings is 1. The van der Waals surface area contributed by atoms with Gasteiger partial charge in [0.15, 0.2) is 0 Å². The zero-order valence-electron chi connectivity index (χ0n) is 12.6. The van der Waals surface area contributed by atoms with Gasteiger partial charge in [-0.3, -0.25) is 4.90 Å². The minimum Gasteiger partial charge on any atom is -0.387 e. The van der Waals surface area contributed by atoms with E-state index in [1.807, 2.05) is 14.0 Å². The molecule has 1 unspecified atom stereocenters. The molecule has 0 bridgehead atoms. The van der Waals surface area contributed by atoms with Gasteiger partial charge in [0.2, 0.25) is 0 Å². The lowest BCUT2D eigenvalue weighted by atomic mass is 10.0. The Hall–Kier alpha value is -1.23. The number of aryl methyl sites for hydroxylation is 3. The number of aliphatic hydroxyl groups excluding tert-OH is 1. The Kier molecular flexibility index (Phi) is 4.91. The maximum absolute atomic E-state index is 10.4. The Bertz CT molecular complexity index is 559. The maximum atomic E-state index is 10.4. The van der Waals surface area contributed by atoms with E-state index in [1.165, 1.54) is 11.1 Å². The molecule has 1 N–H and O–H groups in total. The lowest BCUT2D eigenvalue weighted by Crippen LogP contribution is -2.24. The standard InChI is InChI=1S/C16H22N2OS/c1-11-5-12(2)7-14(6-11)15(19)8-18(4)9-16-17-13(3)10-20-16/h5-7,10,15,19H,8-9H2,1-4H3. The Morgan fingerprint density at radius 1 is 1.20 bits per heavy atom. The molecule has 3 nitrogen and oxygen atoms in total. The molecular formula is C16H22N2OS. The van der Waals surface area contributed by atoms with Crippen LogP contribution in [0, 0.1) is 20.8 Å². The molecule has 108 valence electrons. The summed E-state index contributed by atoms with van der Waals surface area (Å²) < 4.78 is 0. The van der Waals surface area contributed by atoms with Gasteiger partial charge in [-0.05, 0) is 33.4 Å². The van der Waals surface area contributed by atoms with Gasteiger partial charge in [0, 0.05) is 17.6 Å². The van der Waals surface area contributed by atoms with E-state index in [9.17, 15) is 5.11 Å². The number of nitrogens with zero attached hydrogens (tertiary/aromatic N) is 2. The summed E-state index contributed by atoms with van der Waals surface area (Å²) in [7, 11) is 2.02. The molecule has 20 heavy (non-hydrogen) atoms. The highest BCUT2D eigenvalue weighted by atomic mass is 32.1. The highest BCUT2D eigenvalue weighted by molar-refractivity contribution is 7.09. The van der Waals surface area contributed by atoms with E-state index in [1.54, 1.807) is 11.3 Å². The first-order valence-corrected chi connectivity index (χ1v) is 7.68. The molecule has 1 heterocycles. The average Bonchev–Trinajstić information content (AvgIpc) is 2.73. The molecule has 2 aromatic rings. The van der Waals surface area contributed by atoms with Crippen LogP contribution >= 0.6 is 11.3 Å². The van der Waals surface area contributed by atoms with Crippen molar-refractivity contribution in [2.75, 3.05) is 13.6 Å². The first-order chi connectivity index (χ1) is 9.44. The molecule has 0 amide bonds. The Labute approximate surface area is 124 Å². The quantitative estimate of drug-likeness (QED) is 0.918. The molecule has 2 rings (SSSR count). The van der Waals surface area contributed by atoms with E-state index in [4.69, 9.17) is 0 Å². The van der Waals surface area contributed by atoms with Crippen molar-refractivity contribution in [1.29, 1.82) is 0 Å². The van der Waals surface area contributed by atoms with E-state index in [2.05, 4.69) is 47.3 Å². The van der Waals surface area contributed by atoms with Gasteiger partial charge in [0.1, 0.15) is 5.01 Å². The van der Waals surface area contributed by atoms with Crippen molar-refractivity contribution in [3.8, 4) is 0 Å². The van der Waals surface area contributed by atoms with E-state index in [0.29, 0.717) is 6.54 Å². The molecule has 0 fully saturated rings. The molecule has 0 saturated heterocycles. The summed E-state index contributed by atoms with van der Waals surface area (Å²) in [5.41, 5.74) is 4.44. The molecule has 0 saturated carbocycles. The second-order valence-electron chi connectivity index (χ2n) is 5.52. The third-order valence-corrected chi connectivity index (χ3v) is 4.14. The van der Waals surface area contributed by atoms with Crippen molar-refractivity contribution < 1.29 is 5.11 Å². The normalized spacial score (nSPS) is 12.9. The SMILES string of the molecule is Cc1cc(C)cc(C(O)CN(C)Cc2nc(C)cs2)c1. The van der Waals surface area contributed by atoms with Gasteiger partial charge in [-0.25, -0.2) is 4.98 Å².